The number of nitrogens with two attached hydrogens (primary N) is 1. The maximum Gasteiger partial charge on any atom is 0.0479 e. The zero-order valence-electron chi connectivity index (χ0n) is 10.8. The quantitative estimate of drug-likeness (QED) is 0.779. The van der Waals surface area contributed by atoms with E-state index in [4.69, 9.17) is 10.5 Å². The lowest BCUT2D eigenvalue weighted by Gasteiger charge is -2.41. The molecule has 3 unspecified atom stereocenters. The standard InChI is InChI=1S/C13H27NO/c1-10-7-11(2)9-12(8-10)13(3,14)5-6-15-4/h10-12H,5-9,14H2,1-4H3. The van der Waals surface area contributed by atoms with Crippen LogP contribution in [0, 0.1) is 17.8 Å². The van der Waals surface area contributed by atoms with Crippen LogP contribution in [0.5, 0.6) is 0 Å². The van der Waals surface area contributed by atoms with Crippen molar-refractivity contribution >= 4 is 0 Å². The summed E-state index contributed by atoms with van der Waals surface area (Å²) in [4.78, 5) is 0. The lowest BCUT2D eigenvalue weighted by atomic mass is 9.68. The Kier molecular flexibility index (Phi) is 4.60. The average Bonchev–Trinajstić information content (AvgIpc) is 2.13. The van der Waals surface area contributed by atoms with E-state index in [1.807, 2.05) is 0 Å². The fraction of sp³-hybridized carbons (Fsp3) is 1.00. The van der Waals surface area contributed by atoms with Crippen molar-refractivity contribution in [3.63, 3.8) is 0 Å². The van der Waals surface area contributed by atoms with Crippen molar-refractivity contribution in [2.45, 2.75) is 52.0 Å². The molecule has 0 radical (unpaired) electrons. The fourth-order valence-corrected chi connectivity index (χ4v) is 3.01. The second-order valence-electron chi connectivity index (χ2n) is 5.86. The van der Waals surface area contributed by atoms with Crippen molar-refractivity contribution < 1.29 is 4.74 Å². The van der Waals surface area contributed by atoms with E-state index in [2.05, 4.69) is 20.8 Å². The van der Waals surface area contributed by atoms with Gasteiger partial charge in [0.15, 0.2) is 0 Å². The third-order valence-corrected chi connectivity index (χ3v) is 3.96. The normalized spacial score (nSPS) is 36.2. The molecule has 1 aliphatic carbocycles. The van der Waals surface area contributed by atoms with E-state index in [9.17, 15) is 0 Å². The smallest absolute Gasteiger partial charge is 0.0479 e. The van der Waals surface area contributed by atoms with E-state index in [0.717, 1.165) is 24.9 Å². The summed E-state index contributed by atoms with van der Waals surface area (Å²) in [5, 5.41) is 0. The molecule has 2 nitrogen and oxygen atoms in total. The highest BCUT2D eigenvalue weighted by atomic mass is 16.5. The van der Waals surface area contributed by atoms with Crippen LogP contribution in [-0.2, 0) is 4.74 Å². The van der Waals surface area contributed by atoms with Crippen molar-refractivity contribution in [3.8, 4) is 0 Å². The van der Waals surface area contributed by atoms with Crippen LogP contribution in [0.1, 0.15) is 46.5 Å². The molecule has 0 spiro atoms. The molecular weight excluding hydrogens is 186 g/mol. The molecule has 1 fully saturated rings. The predicted molar refractivity (Wildman–Crippen MR) is 64.8 cm³/mol. The van der Waals surface area contributed by atoms with Crippen LogP contribution < -0.4 is 5.73 Å². The summed E-state index contributed by atoms with van der Waals surface area (Å²) in [5.74, 6) is 2.35. The van der Waals surface area contributed by atoms with E-state index in [1.54, 1.807) is 7.11 Å². The molecule has 1 aliphatic rings. The highest BCUT2D eigenvalue weighted by Gasteiger charge is 2.35. The molecule has 0 heterocycles. The second-order valence-corrected chi connectivity index (χ2v) is 5.86. The Morgan fingerprint density at radius 2 is 1.73 bits per heavy atom. The molecule has 90 valence electrons. The van der Waals surface area contributed by atoms with Crippen molar-refractivity contribution in [3.05, 3.63) is 0 Å². The Labute approximate surface area is 94.6 Å². The lowest BCUT2D eigenvalue weighted by molar-refractivity contribution is 0.105. The van der Waals surface area contributed by atoms with E-state index >= 15 is 0 Å². The van der Waals surface area contributed by atoms with Gasteiger partial charge in [-0.2, -0.15) is 0 Å². The summed E-state index contributed by atoms with van der Waals surface area (Å²) < 4.78 is 5.14. The molecule has 0 bridgehead atoms. The third kappa shape index (κ3) is 3.76. The van der Waals surface area contributed by atoms with Gasteiger partial charge in [-0.05, 0) is 50.4 Å². The fourth-order valence-electron chi connectivity index (χ4n) is 3.01. The number of methoxy groups -OCH3 is 1. The summed E-state index contributed by atoms with van der Waals surface area (Å²) in [5.41, 5.74) is 6.38. The monoisotopic (exact) mass is 213 g/mol. The summed E-state index contributed by atoms with van der Waals surface area (Å²) in [7, 11) is 1.75. The highest BCUT2D eigenvalue weighted by Crippen LogP contribution is 2.38. The summed E-state index contributed by atoms with van der Waals surface area (Å²) in [6.07, 6.45) is 4.94. The van der Waals surface area contributed by atoms with Gasteiger partial charge >= 0.3 is 0 Å². The maximum atomic E-state index is 6.42. The molecule has 0 aromatic rings. The van der Waals surface area contributed by atoms with Gasteiger partial charge in [0.2, 0.25) is 0 Å². The second kappa shape index (κ2) is 5.31. The highest BCUT2D eigenvalue weighted by molar-refractivity contribution is 4.91. The molecule has 1 rings (SSSR count). The minimum absolute atomic E-state index is 0.0427. The Balaban J connectivity index is 2.52. The minimum atomic E-state index is -0.0427. The van der Waals surface area contributed by atoms with Gasteiger partial charge in [-0.15, -0.1) is 0 Å². The molecule has 0 aromatic heterocycles. The number of hydrogen-bond acceptors (Lipinski definition) is 2. The van der Waals surface area contributed by atoms with Gasteiger partial charge in [0.25, 0.3) is 0 Å². The molecule has 0 saturated heterocycles. The van der Waals surface area contributed by atoms with E-state index < -0.39 is 0 Å². The van der Waals surface area contributed by atoms with Gasteiger partial charge in [0, 0.05) is 19.3 Å². The van der Waals surface area contributed by atoms with E-state index in [-0.39, 0.29) is 5.54 Å². The van der Waals surface area contributed by atoms with Crippen LogP contribution >= 0.6 is 0 Å². The minimum Gasteiger partial charge on any atom is -0.385 e. The first-order chi connectivity index (χ1) is 6.95. The first-order valence-electron chi connectivity index (χ1n) is 6.23. The Morgan fingerprint density at radius 3 is 2.20 bits per heavy atom. The van der Waals surface area contributed by atoms with Gasteiger partial charge in [0.1, 0.15) is 0 Å². The van der Waals surface area contributed by atoms with Crippen LogP contribution in [0.3, 0.4) is 0 Å². The van der Waals surface area contributed by atoms with Crippen LogP contribution in [0.4, 0.5) is 0 Å². The van der Waals surface area contributed by atoms with Crippen molar-refractivity contribution in [1.82, 2.24) is 0 Å². The molecule has 2 heteroatoms. The lowest BCUT2D eigenvalue weighted by Crippen LogP contribution is -2.47. The predicted octanol–water partition coefficient (Wildman–Crippen LogP) is 2.81. The van der Waals surface area contributed by atoms with Crippen LogP contribution in [0.2, 0.25) is 0 Å². The molecule has 3 atom stereocenters. The van der Waals surface area contributed by atoms with Crippen molar-refractivity contribution in [2.24, 2.45) is 23.5 Å². The van der Waals surface area contributed by atoms with Crippen LogP contribution in [-0.4, -0.2) is 19.3 Å². The molecule has 2 N–H and O–H groups in total. The van der Waals surface area contributed by atoms with Gasteiger partial charge < -0.3 is 10.5 Å². The summed E-state index contributed by atoms with van der Waals surface area (Å²) >= 11 is 0. The zero-order valence-corrected chi connectivity index (χ0v) is 10.8. The molecule has 0 aliphatic heterocycles. The third-order valence-electron chi connectivity index (χ3n) is 3.96. The number of ether oxygens (including phenoxy) is 1. The average molecular weight is 213 g/mol. The van der Waals surface area contributed by atoms with Crippen LogP contribution in [0.15, 0.2) is 0 Å². The molecule has 15 heavy (non-hydrogen) atoms. The first-order valence-corrected chi connectivity index (χ1v) is 6.23. The van der Waals surface area contributed by atoms with Gasteiger partial charge in [-0.3, -0.25) is 0 Å². The topological polar surface area (TPSA) is 35.2 Å². The van der Waals surface area contributed by atoms with E-state index in [1.165, 1.54) is 19.3 Å². The molecule has 0 amide bonds. The van der Waals surface area contributed by atoms with Crippen molar-refractivity contribution in [2.75, 3.05) is 13.7 Å². The van der Waals surface area contributed by atoms with E-state index in [0.29, 0.717) is 5.92 Å². The van der Waals surface area contributed by atoms with Crippen molar-refractivity contribution in [1.29, 1.82) is 0 Å². The number of rotatable bonds is 4. The Hall–Kier alpha value is -0.0800. The van der Waals surface area contributed by atoms with Gasteiger partial charge in [0.05, 0.1) is 0 Å². The maximum absolute atomic E-state index is 6.42. The molecule has 1 saturated carbocycles. The summed E-state index contributed by atoms with van der Waals surface area (Å²) in [6.45, 7) is 7.69. The van der Waals surface area contributed by atoms with Crippen LogP contribution in [0.25, 0.3) is 0 Å². The SMILES string of the molecule is COCCC(C)(N)C1CC(C)CC(C)C1. The summed E-state index contributed by atoms with van der Waals surface area (Å²) in [6, 6.07) is 0. The van der Waals surface area contributed by atoms with Gasteiger partial charge in [-0.1, -0.05) is 13.8 Å². The molecular formula is C13H27NO. The Morgan fingerprint density at radius 1 is 1.20 bits per heavy atom. The largest absolute Gasteiger partial charge is 0.385 e. The zero-order chi connectivity index (χ0) is 11.5. The Bertz CT molecular complexity index is 181. The number of hydrogen-bond donors (Lipinski definition) is 1. The van der Waals surface area contributed by atoms with Gasteiger partial charge in [-0.25, -0.2) is 0 Å². The first kappa shape index (κ1) is 13.0. The molecule has 0 aromatic carbocycles.